The molecule has 0 bridgehead atoms. The Labute approximate surface area is 169 Å². The van der Waals surface area contributed by atoms with E-state index < -0.39 is 17.4 Å². The lowest BCUT2D eigenvalue weighted by atomic mass is 10.0. The third kappa shape index (κ3) is 5.27. The fraction of sp³-hybridized carbons (Fsp3) is 0.208. The molecule has 0 aliphatic carbocycles. The predicted molar refractivity (Wildman–Crippen MR) is 111 cm³/mol. The van der Waals surface area contributed by atoms with E-state index in [0.717, 1.165) is 42.1 Å². The second-order valence-electron chi connectivity index (χ2n) is 7.00. The van der Waals surface area contributed by atoms with E-state index in [1.54, 1.807) is 19.1 Å². The average molecular weight is 395 g/mol. The van der Waals surface area contributed by atoms with Crippen molar-refractivity contribution in [2.24, 2.45) is 0 Å². The molecule has 5 heteroatoms. The van der Waals surface area contributed by atoms with Crippen molar-refractivity contribution in [3.8, 4) is 28.1 Å². The molecule has 0 amide bonds. The number of pyridine rings is 1. The smallest absolute Gasteiger partial charge is 0.200 e. The van der Waals surface area contributed by atoms with Crippen LogP contribution in [0.25, 0.3) is 28.5 Å². The second-order valence-corrected chi connectivity index (χ2v) is 7.00. The first kappa shape index (κ1) is 20.7. The van der Waals surface area contributed by atoms with Crippen LogP contribution in [0.4, 0.5) is 8.78 Å². The number of aliphatic hydroxyl groups is 1. The van der Waals surface area contributed by atoms with Crippen molar-refractivity contribution in [3.05, 3.63) is 78.0 Å². The van der Waals surface area contributed by atoms with Gasteiger partial charge < -0.3 is 10.2 Å². The van der Waals surface area contributed by atoms with E-state index in [9.17, 15) is 19.0 Å². The Bertz CT molecular complexity index is 981. The summed E-state index contributed by atoms with van der Waals surface area (Å²) in [6.45, 7) is 1.79. The van der Waals surface area contributed by atoms with E-state index in [2.05, 4.69) is 11.1 Å². The highest BCUT2D eigenvalue weighted by atomic mass is 19.2. The Hall–Kier alpha value is -3.05. The summed E-state index contributed by atoms with van der Waals surface area (Å²) in [4.78, 5) is 4.36. The fourth-order valence-corrected chi connectivity index (χ4v) is 3.00. The van der Waals surface area contributed by atoms with Crippen molar-refractivity contribution in [3.63, 3.8) is 0 Å². The van der Waals surface area contributed by atoms with Crippen LogP contribution in [0.1, 0.15) is 31.7 Å². The molecule has 3 rings (SSSR count). The van der Waals surface area contributed by atoms with Crippen LogP contribution in [0.5, 0.6) is 5.75 Å². The maximum Gasteiger partial charge on any atom is 0.200 e. The fourth-order valence-electron chi connectivity index (χ4n) is 3.00. The highest BCUT2D eigenvalue weighted by Crippen LogP contribution is 2.29. The lowest BCUT2D eigenvalue weighted by Gasteiger charge is -2.07. The number of hydrogen-bond acceptors (Lipinski definition) is 3. The summed E-state index contributed by atoms with van der Waals surface area (Å²) in [5, 5.41) is 18.5. The highest BCUT2D eigenvalue weighted by Gasteiger charge is 2.14. The zero-order valence-corrected chi connectivity index (χ0v) is 16.1. The van der Waals surface area contributed by atoms with E-state index in [1.165, 1.54) is 12.3 Å². The molecule has 1 aromatic heterocycles. The molecule has 0 aliphatic heterocycles. The number of benzene rings is 2. The van der Waals surface area contributed by atoms with Crippen molar-refractivity contribution in [2.75, 3.05) is 0 Å². The minimum Gasteiger partial charge on any atom is -0.505 e. The Balaban J connectivity index is 1.69. The molecule has 1 unspecified atom stereocenters. The van der Waals surface area contributed by atoms with Crippen LogP contribution in [0.15, 0.2) is 60.8 Å². The molecule has 2 N–H and O–H groups in total. The normalized spacial score (nSPS) is 12.4. The zero-order chi connectivity index (χ0) is 20.8. The van der Waals surface area contributed by atoms with Gasteiger partial charge in [-0.05, 0) is 49.9 Å². The van der Waals surface area contributed by atoms with Gasteiger partial charge in [-0.15, -0.1) is 0 Å². The molecule has 0 aliphatic rings. The molecule has 0 saturated heterocycles. The highest BCUT2D eigenvalue weighted by molar-refractivity contribution is 5.68. The number of aromatic nitrogens is 1. The van der Waals surface area contributed by atoms with Gasteiger partial charge in [0.2, 0.25) is 5.82 Å². The predicted octanol–water partition coefficient (Wildman–Crippen LogP) is 5.96. The van der Waals surface area contributed by atoms with Crippen LogP contribution in [0.2, 0.25) is 0 Å². The van der Waals surface area contributed by atoms with Gasteiger partial charge in [0.15, 0.2) is 11.6 Å². The maximum absolute atomic E-state index is 14.0. The number of nitrogens with zero attached hydrogens (tertiary/aromatic N) is 1. The van der Waals surface area contributed by atoms with Crippen molar-refractivity contribution < 1.29 is 19.0 Å². The molecular weight excluding hydrogens is 372 g/mol. The summed E-state index contributed by atoms with van der Waals surface area (Å²) in [6.07, 6.45) is 8.04. The van der Waals surface area contributed by atoms with E-state index in [-0.39, 0.29) is 11.7 Å². The molecule has 3 aromatic rings. The quantitative estimate of drug-likeness (QED) is 0.485. The second kappa shape index (κ2) is 9.43. The van der Waals surface area contributed by atoms with Crippen molar-refractivity contribution in [1.82, 2.24) is 4.98 Å². The molecule has 1 heterocycles. The van der Waals surface area contributed by atoms with Gasteiger partial charge in [0.25, 0.3) is 0 Å². The minimum absolute atomic E-state index is 0.0513. The monoisotopic (exact) mass is 395 g/mol. The molecule has 0 radical (unpaired) electrons. The van der Waals surface area contributed by atoms with E-state index >= 15 is 0 Å². The average Bonchev–Trinajstić information content (AvgIpc) is 2.72. The molecular formula is C24H23F2NO2. The van der Waals surface area contributed by atoms with Gasteiger partial charge in [-0.3, -0.25) is 4.98 Å². The topological polar surface area (TPSA) is 53.4 Å². The van der Waals surface area contributed by atoms with Crippen LogP contribution < -0.4 is 0 Å². The molecule has 2 aromatic carbocycles. The van der Waals surface area contributed by atoms with Gasteiger partial charge in [-0.1, -0.05) is 42.5 Å². The summed E-state index contributed by atoms with van der Waals surface area (Å²) < 4.78 is 27.6. The van der Waals surface area contributed by atoms with Crippen LogP contribution in [-0.2, 0) is 0 Å². The van der Waals surface area contributed by atoms with Crippen LogP contribution >= 0.6 is 0 Å². The molecule has 29 heavy (non-hydrogen) atoms. The molecule has 3 nitrogen and oxygen atoms in total. The SMILES string of the molecule is CC(O)CCC/C=C/c1ccc(-c2ccc(-c3ccc(O)c(F)c3F)cn2)cc1. The maximum atomic E-state index is 14.0. The molecule has 0 saturated carbocycles. The zero-order valence-electron chi connectivity index (χ0n) is 16.1. The molecule has 150 valence electrons. The van der Waals surface area contributed by atoms with Gasteiger partial charge >= 0.3 is 0 Å². The van der Waals surface area contributed by atoms with Gasteiger partial charge in [0.1, 0.15) is 0 Å². The van der Waals surface area contributed by atoms with E-state index in [0.29, 0.717) is 5.56 Å². The number of rotatable bonds is 7. The first-order valence-corrected chi connectivity index (χ1v) is 9.54. The van der Waals surface area contributed by atoms with Gasteiger partial charge in [-0.2, -0.15) is 4.39 Å². The van der Waals surface area contributed by atoms with Crippen LogP contribution in [0, 0.1) is 11.6 Å². The number of hydrogen-bond donors (Lipinski definition) is 2. The first-order chi connectivity index (χ1) is 14.0. The summed E-state index contributed by atoms with van der Waals surface area (Å²) >= 11 is 0. The van der Waals surface area contributed by atoms with E-state index in [1.807, 2.05) is 30.3 Å². The number of allylic oxidation sites excluding steroid dienone is 1. The first-order valence-electron chi connectivity index (χ1n) is 9.54. The number of phenolic OH excluding ortho intramolecular Hbond substituents is 1. The summed E-state index contributed by atoms with van der Waals surface area (Å²) in [6, 6.07) is 13.8. The summed E-state index contributed by atoms with van der Waals surface area (Å²) in [5.41, 5.74) is 3.20. The van der Waals surface area contributed by atoms with Gasteiger partial charge in [0.05, 0.1) is 11.8 Å². The Morgan fingerprint density at radius 1 is 0.966 bits per heavy atom. The third-order valence-corrected chi connectivity index (χ3v) is 4.65. The lowest BCUT2D eigenvalue weighted by Crippen LogP contribution is -1.97. The van der Waals surface area contributed by atoms with Crippen molar-refractivity contribution >= 4 is 6.08 Å². The van der Waals surface area contributed by atoms with Crippen molar-refractivity contribution in [2.45, 2.75) is 32.3 Å². The summed E-state index contributed by atoms with van der Waals surface area (Å²) in [7, 11) is 0. The van der Waals surface area contributed by atoms with Gasteiger partial charge in [0, 0.05) is 22.9 Å². The Kier molecular flexibility index (Phi) is 6.73. The summed E-state index contributed by atoms with van der Waals surface area (Å²) in [5.74, 6) is -3.07. The number of halogens is 2. The number of unbranched alkanes of at least 4 members (excludes halogenated alkanes) is 1. The third-order valence-electron chi connectivity index (χ3n) is 4.65. The standard InChI is InChI=1S/C24H23F2NO2/c1-16(28)5-3-2-4-6-17-7-9-18(10-8-17)21-13-11-19(15-27-21)20-12-14-22(29)24(26)23(20)25/h4,6-16,28-29H,2-3,5H2,1H3/b6-4+. The number of phenols is 1. The number of aromatic hydroxyl groups is 1. The molecule has 0 spiro atoms. The Morgan fingerprint density at radius 3 is 2.34 bits per heavy atom. The van der Waals surface area contributed by atoms with Crippen LogP contribution in [-0.4, -0.2) is 21.3 Å². The van der Waals surface area contributed by atoms with E-state index in [4.69, 9.17) is 0 Å². The van der Waals surface area contributed by atoms with Crippen LogP contribution in [0.3, 0.4) is 0 Å². The number of aliphatic hydroxyl groups excluding tert-OH is 1. The Morgan fingerprint density at radius 2 is 1.69 bits per heavy atom. The van der Waals surface area contributed by atoms with Gasteiger partial charge in [-0.25, -0.2) is 4.39 Å². The van der Waals surface area contributed by atoms with Crippen molar-refractivity contribution in [1.29, 1.82) is 0 Å². The lowest BCUT2D eigenvalue weighted by molar-refractivity contribution is 0.182. The molecule has 0 fully saturated rings. The minimum atomic E-state index is -1.26. The largest absolute Gasteiger partial charge is 0.505 e. The molecule has 1 atom stereocenters.